The molecule has 32 heavy (non-hydrogen) atoms. The van der Waals surface area contributed by atoms with Crippen LogP contribution >= 0.6 is 15.9 Å². The fraction of sp³-hybridized carbons (Fsp3) is 0.167. The molecule has 0 spiro atoms. The van der Waals surface area contributed by atoms with Gasteiger partial charge in [-0.3, -0.25) is 4.79 Å². The topological polar surface area (TPSA) is 93.7 Å². The van der Waals surface area contributed by atoms with Gasteiger partial charge in [0.2, 0.25) is 0 Å². The number of hydrogen-bond donors (Lipinski definition) is 1. The van der Waals surface area contributed by atoms with E-state index < -0.39 is 5.91 Å². The summed E-state index contributed by atoms with van der Waals surface area (Å²) in [6, 6.07) is 18.1. The Hall–Kier alpha value is -3.70. The van der Waals surface area contributed by atoms with E-state index in [-0.39, 0.29) is 25.3 Å². The number of halogens is 1. The molecule has 1 heterocycles. The molecule has 0 fully saturated rings. The number of hydrogen-bond acceptors (Lipinski definition) is 6. The largest absolute Gasteiger partial charge is 0.493 e. The number of ether oxygens (including phenoxy) is 3. The van der Waals surface area contributed by atoms with Gasteiger partial charge >= 0.3 is 0 Å². The normalized spacial score (nSPS) is 10.8. The molecular weight excluding hydrogens is 476 g/mol. The molecule has 0 bridgehead atoms. The molecule has 0 aliphatic carbocycles. The summed E-state index contributed by atoms with van der Waals surface area (Å²) in [7, 11) is 1.58. The van der Waals surface area contributed by atoms with Crippen LogP contribution in [0.5, 0.6) is 17.2 Å². The van der Waals surface area contributed by atoms with E-state index in [1.54, 1.807) is 31.4 Å². The van der Waals surface area contributed by atoms with Crippen molar-refractivity contribution in [1.29, 1.82) is 5.26 Å². The Morgan fingerprint density at radius 1 is 1.09 bits per heavy atom. The maximum absolute atomic E-state index is 12.4. The smallest absolute Gasteiger partial charge is 0.262 e. The zero-order chi connectivity index (χ0) is 22.8. The monoisotopic (exact) mass is 496 g/mol. The average Bonchev–Trinajstić information content (AvgIpc) is 3.33. The minimum atomic E-state index is -0.505. The van der Waals surface area contributed by atoms with E-state index in [1.807, 2.05) is 36.4 Å². The lowest BCUT2D eigenvalue weighted by atomic mass is 10.1. The summed E-state index contributed by atoms with van der Waals surface area (Å²) >= 11 is 3.41. The molecule has 3 aromatic rings. The second kappa shape index (κ2) is 11.6. The van der Waals surface area contributed by atoms with E-state index in [1.165, 1.54) is 12.3 Å². The van der Waals surface area contributed by atoms with Gasteiger partial charge in [0, 0.05) is 10.0 Å². The number of amides is 1. The number of furan rings is 1. The summed E-state index contributed by atoms with van der Waals surface area (Å²) in [5, 5.41) is 12.1. The molecule has 1 aromatic heterocycles. The van der Waals surface area contributed by atoms with Crippen molar-refractivity contribution in [3.05, 3.63) is 82.2 Å². The number of benzene rings is 2. The minimum absolute atomic E-state index is 0.0511. The summed E-state index contributed by atoms with van der Waals surface area (Å²) in [6.07, 6.45) is 3.00. The van der Waals surface area contributed by atoms with Crippen LogP contribution in [0.15, 0.2) is 75.3 Å². The van der Waals surface area contributed by atoms with Crippen molar-refractivity contribution in [3.63, 3.8) is 0 Å². The highest BCUT2D eigenvalue weighted by atomic mass is 79.9. The molecule has 8 heteroatoms. The number of para-hydroxylation sites is 2. The van der Waals surface area contributed by atoms with Crippen LogP contribution in [-0.4, -0.2) is 26.2 Å². The van der Waals surface area contributed by atoms with Gasteiger partial charge in [0.15, 0.2) is 11.5 Å². The third-order valence-corrected chi connectivity index (χ3v) is 4.80. The van der Waals surface area contributed by atoms with Gasteiger partial charge in [-0.05, 0) is 48.5 Å². The molecule has 164 valence electrons. The summed E-state index contributed by atoms with van der Waals surface area (Å²) in [4.78, 5) is 12.4. The molecule has 1 N–H and O–H groups in total. The van der Waals surface area contributed by atoms with Crippen LogP contribution in [0.2, 0.25) is 0 Å². The lowest BCUT2D eigenvalue weighted by molar-refractivity contribution is -0.117. The molecule has 0 aliphatic heterocycles. The van der Waals surface area contributed by atoms with Crippen LogP contribution in [-0.2, 0) is 11.3 Å². The molecule has 1 amide bonds. The maximum atomic E-state index is 12.4. The van der Waals surface area contributed by atoms with Gasteiger partial charge in [0.1, 0.15) is 36.4 Å². The van der Waals surface area contributed by atoms with E-state index in [4.69, 9.17) is 18.6 Å². The SMILES string of the molecule is COc1ccccc1OCCOc1ccc(Br)cc1/C=C(\C#N)C(=O)NCc1ccco1. The lowest BCUT2D eigenvalue weighted by Gasteiger charge is -2.13. The third kappa shape index (κ3) is 6.40. The number of nitrogens with zero attached hydrogens (tertiary/aromatic N) is 1. The lowest BCUT2D eigenvalue weighted by Crippen LogP contribution is -2.23. The fourth-order valence-corrected chi connectivity index (χ4v) is 3.16. The first-order valence-corrected chi connectivity index (χ1v) is 10.5. The van der Waals surface area contributed by atoms with Crippen molar-refractivity contribution in [1.82, 2.24) is 5.32 Å². The zero-order valence-corrected chi connectivity index (χ0v) is 18.9. The minimum Gasteiger partial charge on any atom is -0.493 e. The molecule has 3 rings (SSSR count). The predicted octanol–water partition coefficient (Wildman–Crippen LogP) is 4.73. The van der Waals surface area contributed by atoms with Crippen molar-refractivity contribution < 1.29 is 23.4 Å². The van der Waals surface area contributed by atoms with E-state index in [0.717, 1.165) is 4.47 Å². The number of carbonyl (C=O) groups is 1. The first kappa shape index (κ1) is 23.0. The second-order valence-electron chi connectivity index (χ2n) is 6.46. The van der Waals surface area contributed by atoms with Crippen molar-refractivity contribution in [2.45, 2.75) is 6.54 Å². The molecule has 0 radical (unpaired) electrons. The maximum Gasteiger partial charge on any atom is 0.262 e. The average molecular weight is 497 g/mol. The quantitative estimate of drug-likeness (QED) is 0.247. The predicted molar refractivity (Wildman–Crippen MR) is 122 cm³/mol. The van der Waals surface area contributed by atoms with Gasteiger partial charge in [-0.15, -0.1) is 0 Å². The Morgan fingerprint density at radius 3 is 2.53 bits per heavy atom. The Morgan fingerprint density at radius 2 is 1.84 bits per heavy atom. The fourth-order valence-electron chi connectivity index (χ4n) is 2.78. The highest BCUT2D eigenvalue weighted by molar-refractivity contribution is 9.10. The summed E-state index contributed by atoms with van der Waals surface area (Å²) in [6.45, 7) is 0.731. The Balaban J connectivity index is 1.65. The van der Waals surface area contributed by atoms with Gasteiger partial charge < -0.3 is 23.9 Å². The van der Waals surface area contributed by atoms with Crippen LogP contribution in [0.4, 0.5) is 0 Å². The first-order valence-electron chi connectivity index (χ1n) is 9.71. The zero-order valence-electron chi connectivity index (χ0n) is 17.3. The van der Waals surface area contributed by atoms with Gasteiger partial charge in [-0.25, -0.2) is 0 Å². The van der Waals surface area contributed by atoms with Gasteiger partial charge in [-0.1, -0.05) is 28.1 Å². The van der Waals surface area contributed by atoms with Crippen molar-refractivity contribution in [3.8, 4) is 23.3 Å². The number of rotatable bonds is 10. The summed E-state index contributed by atoms with van der Waals surface area (Å²) in [5.74, 6) is 1.86. The molecule has 7 nitrogen and oxygen atoms in total. The number of nitriles is 1. The molecule has 0 aliphatic rings. The molecule has 0 saturated heterocycles. The summed E-state index contributed by atoms with van der Waals surface area (Å²) in [5.41, 5.74) is 0.533. The molecule has 0 saturated carbocycles. The van der Waals surface area contributed by atoms with E-state index in [2.05, 4.69) is 21.2 Å². The summed E-state index contributed by atoms with van der Waals surface area (Å²) < 4.78 is 22.8. The third-order valence-electron chi connectivity index (χ3n) is 4.31. The van der Waals surface area contributed by atoms with E-state index in [0.29, 0.717) is 28.6 Å². The van der Waals surface area contributed by atoms with Crippen LogP contribution in [0.3, 0.4) is 0 Å². The van der Waals surface area contributed by atoms with Crippen molar-refractivity contribution in [2.75, 3.05) is 20.3 Å². The highest BCUT2D eigenvalue weighted by Gasteiger charge is 2.12. The first-order chi connectivity index (χ1) is 15.6. The van der Waals surface area contributed by atoms with Crippen LogP contribution in [0.25, 0.3) is 6.08 Å². The van der Waals surface area contributed by atoms with E-state index >= 15 is 0 Å². The number of nitrogens with one attached hydrogen (secondary N) is 1. The van der Waals surface area contributed by atoms with Crippen LogP contribution < -0.4 is 19.5 Å². The van der Waals surface area contributed by atoms with Crippen LogP contribution in [0, 0.1) is 11.3 Å². The number of carbonyl (C=O) groups excluding carboxylic acids is 1. The Bertz CT molecular complexity index is 1120. The van der Waals surface area contributed by atoms with Crippen molar-refractivity contribution >= 4 is 27.9 Å². The van der Waals surface area contributed by atoms with Gasteiger partial charge in [0.25, 0.3) is 5.91 Å². The molecule has 2 aromatic carbocycles. The van der Waals surface area contributed by atoms with Crippen molar-refractivity contribution in [2.24, 2.45) is 0 Å². The Labute approximate surface area is 194 Å². The van der Waals surface area contributed by atoms with Crippen LogP contribution in [0.1, 0.15) is 11.3 Å². The molecule has 0 unspecified atom stereocenters. The van der Waals surface area contributed by atoms with Gasteiger partial charge in [0.05, 0.1) is 19.9 Å². The Kier molecular flexibility index (Phi) is 8.35. The molecule has 0 atom stereocenters. The van der Waals surface area contributed by atoms with E-state index in [9.17, 15) is 10.1 Å². The molecular formula is C24H21BrN2O5. The van der Waals surface area contributed by atoms with Gasteiger partial charge in [-0.2, -0.15) is 5.26 Å². The highest BCUT2D eigenvalue weighted by Crippen LogP contribution is 2.27. The number of methoxy groups -OCH3 is 1. The standard InChI is InChI=1S/C24H21BrN2O5/c1-29-22-6-2-3-7-23(22)32-12-11-31-21-9-8-19(25)14-17(21)13-18(15-26)24(28)27-16-20-5-4-10-30-20/h2-10,13-14H,11-12,16H2,1H3,(H,27,28)/b18-13+. The second-order valence-corrected chi connectivity index (χ2v) is 7.38.